The molecule has 4 unspecified atom stereocenters. The normalized spacial score (nSPS) is 17.0. The molecule has 4 N–H and O–H groups in total. The van der Waals surface area contributed by atoms with Crippen molar-refractivity contribution < 1.29 is 29.3 Å². The summed E-state index contributed by atoms with van der Waals surface area (Å²) >= 11 is 8.26. The number of hydrogen-bond donors (Lipinski definition) is 6. The lowest BCUT2D eigenvalue weighted by molar-refractivity contribution is -0.140. The number of rotatable bonds is 10. The summed E-state index contributed by atoms with van der Waals surface area (Å²) in [6, 6.07) is -1.44. The van der Waals surface area contributed by atoms with Crippen molar-refractivity contribution >= 4 is 37.3 Å². The molecule has 136 valence electrons. The number of carbonyl (C=O) groups is 2. The van der Waals surface area contributed by atoms with Gasteiger partial charge in [-0.3, -0.25) is 5.32 Å². The van der Waals surface area contributed by atoms with Crippen LogP contribution in [-0.4, -0.2) is 64.0 Å². The van der Waals surface area contributed by atoms with Gasteiger partial charge in [-0.05, 0) is 27.7 Å². The molecule has 0 saturated heterocycles. The summed E-state index contributed by atoms with van der Waals surface area (Å²) in [7, 11) is 0. The number of aliphatic carboxylic acids is 1. The van der Waals surface area contributed by atoms with E-state index in [-0.39, 0.29) is 12.6 Å². The van der Waals surface area contributed by atoms with E-state index >= 15 is 0 Å². The van der Waals surface area contributed by atoms with Crippen molar-refractivity contribution in [3.63, 3.8) is 0 Å². The van der Waals surface area contributed by atoms with E-state index in [4.69, 9.17) is 14.6 Å². The summed E-state index contributed by atoms with van der Waals surface area (Å²) in [6.45, 7) is 6.35. The zero-order chi connectivity index (χ0) is 18.2. The predicted molar refractivity (Wildman–Crippen MR) is 92.0 cm³/mol. The molecule has 0 heterocycles. The lowest BCUT2D eigenvalue weighted by Gasteiger charge is -2.27. The van der Waals surface area contributed by atoms with E-state index in [9.17, 15) is 14.7 Å². The highest BCUT2D eigenvalue weighted by Crippen LogP contribution is 2.18. The highest BCUT2D eigenvalue weighted by Gasteiger charge is 2.34. The Morgan fingerprint density at radius 1 is 1.30 bits per heavy atom. The predicted octanol–water partition coefficient (Wildman–Crippen LogP) is 0.463. The topological polar surface area (TPSA) is 117 Å². The Morgan fingerprint density at radius 2 is 1.87 bits per heavy atom. The molecular weight excluding hydrogens is 344 g/mol. The molecule has 0 aliphatic heterocycles. The van der Waals surface area contributed by atoms with Crippen LogP contribution in [0.1, 0.15) is 27.7 Å². The molecule has 4 atom stereocenters. The third kappa shape index (κ3) is 9.92. The molecule has 8 nitrogen and oxygen atoms in total. The Bertz CT molecular complexity index is 389. The Balaban J connectivity index is 4.36. The molecular formula is C13H26N2O6S2. The van der Waals surface area contributed by atoms with Crippen LogP contribution in [0.2, 0.25) is 0 Å². The zero-order valence-corrected chi connectivity index (χ0v) is 15.4. The molecule has 0 saturated carbocycles. The molecule has 0 aromatic heterocycles. The minimum absolute atomic E-state index is 0.156. The first-order valence-corrected chi connectivity index (χ1v) is 8.14. The molecule has 0 spiro atoms. The highest BCUT2D eigenvalue weighted by molar-refractivity contribution is 7.81. The van der Waals surface area contributed by atoms with E-state index < -0.39 is 35.4 Å². The van der Waals surface area contributed by atoms with E-state index in [2.05, 4.69) is 35.9 Å². The number of alkyl carbamates (subject to hydrolysis) is 1. The maximum Gasteiger partial charge on any atom is 0.410 e. The number of carboxylic acid groups (broad SMARTS) is 1. The molecule has 0 aliphatic carbocycles. The van der Waals surface area contributed by atoms with Crippen molar-refractivity contribution in [1.29, 1.82) is 0 Å². The molecule has 0 aromatic carbocycles. The summed E-state index contributed by atoms with van der Waals surface area (Å²) in [4.78, 5) is 22.9. The van der Waals surface area contributed by atoms with Crippen molar-refractivity contribution in [2.24, 2.45) is 0 Å². The van der Waals surface area contributed by atoms with Crippen LogP contribution in [0.4, 0.5) is 4.79 Å². The Hall–Kier alpha value is -0.680. The molecule has 0 radical (unpaired) electrons. The fraction of sp³-hybridized carbons (Fsp3) is 0.846. The first-order chi connectivity index (χ1) is 10.5. The lowest BCUT2D eigenvalue weighted by Crippen LogP contribution is -2.52. The van der Waals surface area contributed by atoms with Gasteiger partial charge in [-0.25, -0.2) is 9.59 Å². The van der Waals surface area contributed by atoms with Crippen molar-refractivity contribution in [1.82, 2.24) is 10.6 Å². The number of nitrogens with one attached hydrogen (secondary N) is 2. The average Bonchev–Trinajstić information content (AvgIpc) is 2.38. The maximum absolute atomic E-state index is 11.7. The van der Waals surface area contributed by atoms with Gasteiger partial charge in [-0.1, -0.05) is 0 Å². The van der Waals surface area contributed by atoms with E-state index in [0.717, 1.165) is 0 Å². The van der Waals surface area contributed by atoms with Gasteiger partial charge in [0, 0.05) is 16.5 Å². The summed E-state index contributed by atoms with van der Waals surface area (Å²) in [5.41, 5.74) is 0. The van der Waals surface area contributed by atoms with E-state index in [1.807, 2.05) is 0 Å². The number of hydrogen-bond acceptors (Lipinski definition) is 8. The SMILES string of the molecule is CC(O)NC(CS)COC(C)OC(=O)NC(C(=O)O)C(C)(C)S. The van der Waals surface area contributed by atoms with Crippen LogP contribution in [0.3, 0.4) is 0 Å². The van der Waals surface area contributed by atoms with Gasteiger partial charge in [-0.2, -0.15) is 25.3 Å². The van der Waals surface area contributed by atoms with E-state index in [0.29, 0.717) is 5.75 Å². The Kier molecular flexibility index (Phi) is 9.94. The molecule has 0 aliphatic rings. The minimum Gasteiger partial charge on any atom is -0.480 e. The third-order valence-electron chi connectivity index (χ3n) is 2.72. The van der Waals surface area contributed by atoms with Crippen molar-refractivity contribution in [2.75, 3.05) is 12.4 Å². The van der Waals surface area contributed by atoms with Crippen LogP contribution in [0.25, 0.3) is 0 Å². The van der Waals surface area contributed by atoms with E-state index in [1.165, 1.54) is 6.92 Å². The smallest absolute Gasteiger partial charge is 0.410 e. The Labute approximate surface area is 147 Å². The van der Waals surface area contributed by atoms with Gasteiger partial charge in [0.15, 0.2) is 0 Å². The van der Waals surface area contributed by atoms with Gasteiger partial charge in [-0.15, -0.1) is 0 Å². The van der Waals surface area contributed by atoms with Gasteiger partial charge in [0.1, 0.15) is 12.3 Å². The Morgan fingerprint density at radius 3 is 2.26 bits per heavy atom. The summed E-state index contributed by atoms with van der Waals surface area (Å²) in [5, 5.41) is 23.4. The van der Waals surface area contributed by atoms with Crippen LogP contribution in [0.15, 0.2) is 0 Å². The number of aliphatic hydroxyl groups excluding tert-OH is 1. The molecule has 10 heteroatoms. The first kappa shape index (κ1) is 22.3. The van der Waals surface area contributed by atoms with Crippen LogP contribution in [0, 0.1) is 0 Å². The molecule has 23 heavy (non-hydrogen) atoms. The van der Waals surface area contributed by atoms with Gasteiger partial charge < -0.3 is 25.0 Å². The van der Waals surface area contributed by atoms with Crippen LogP contribution in [0.5, 0.6) is 0 Å². The van der Waals surface area contributed by atoms with Crippen LogP contribution < -0.4 is 10.6 Å². The zero-order valence-electron chi connectivity index (χ0n) is 13.6. The molecule has 0 rings (SSSR count). The average molecular weight is 370 g/mol. The second kappa shape index (κ2) is 10.2. The lowest BCUT2D eigenvalue weighted by atomic mass is 10.0. The summed E-state index contributed by atoms with van der Waals surface area (Å²) < 4.78 is 9.30. The molecule has 0 fully saturated rings. The number of amides is 1. The van der Waals surface area contributed by atoms with Crippen molar-refractivity contribution in [3.8, 4) is 0 Å². The quantitative estimate of drug-likeness (QED) is 0.244. The van der Waals surface area contributed by atoms with Gasteiger partial charge in [0.2, 0.25) is 6.29 Å². The highest BCUT2D eigenvalue weighted by atomic mass is 32.1. The summed E-state index contributed by atoms with van der Waals surface area (Å²) in [5.74, 6) is -0.801. The fourth-order valence-electron chi connectivity index (χ4n) is 1.62. The van der Waals surface area contributed by atoms with Crippen LogP contribution >= 0.6 is 25.3 Å². The maximum atomic E-state index is 11.7. The van der Waals surface area contributed by atoms with Gasteiger partial charge >= 0.3 is 12.1 Å². The van der Waals surface area contributed by atoms with Gasteiger partial charge in [0.25, 0.3) is 0 Å². The minimum atomic E-state index is -1.22. The molecule has 0 bridgehead atoms. The van der Waals surface area contributed by atoms with E-state index in [1.54, 1.807) is 20.8 Å². The van der Waals surface area contributed by atoms with Crippen molar-refractivity contribution in [2.45, 2.75) is 57.0 Å². The number of carboxylic acids is 1. The van der Waals surface area contributed by atoms with Crippen LogP contribution in [-0.2, 0) is 14.3 Å². The van der Waals surface area contributed by atoms with Crippen molar-refractivity contribution in [3.05, 3.63) is 0 Å². The standard InChI is InChI=1S/C13H26N2O6S2/c1-7(16)14-9(6-22)5-20-8(2)21-12(19)15-10(11(17)18)13(3,4)23/h7-10,14,16,22-23H,5-6H2,1-4H3,(H,15,19)(H,17,18). The first-order valence-electron chi connectivity index (χ1n) is 7.06. The molecule has 0 aromatic rings. The third-order valence-corrected chi connectivity index (χ3v) is 3.42. The second-order valence-corrected chi connectivity index (χ2v) is 7.12. The fourth-order valence-corrected chi connectivity index (χ4v) is 2.01. The number of aliphatic hydroxyl groups is 1. The second-order valence-electron chi connectivity index (χ2n) is 5.60. The number of ether oxygens (including phenoxy) is 2. The number of carbonyl (C=O) groups excluding carboxylic acids is 1. The monoisotopic (exact) mass is 370 g/mol. The largest absolute Gasteiger partial charge is 0.480 e. The van der Waals surface area contributed by atoms with Gasteiger partial charge in [0.05, 0.1) is 6.61 Å². The molecule has 1 amide bonds. The summed E-state index contributed by atoms with van der Waals surface area (Å²) in [6.07, 6.45) is -2.53. The number of thiol groups is 2.